The van der Waals surface area contributed by atoms with E-state index in [0.29, 0.717) is 0 Å². The van der Waals surface area contributed by atoms with Crippen LogP contribution in [0.5, 0.6) is 0 Å². The largest absolute Gasteiger partial charge is 0.323 e. The fourth-order valence-electron chi connectivity index (χ4n) is 2.62. The molecule has 2 aliphatic carbocycles. The monoisotopic (exact) mass is 229 g/mol. The summed E-state index contributed by atoms with van der Waals surface area (Å²) in [5, 5.41) is 2.75. The molecular formula is C16H23N. The van der Waals surface area contributed by atoms with E-state index in [1.54, 1.807) is 22.3 Å². The predicted molar refractivity (Wildman–Crippen MR) is 75.3 cm³/mol. The van der Waals surface area contributed by atoms with E-state index in [0.717, 1.165) is 0 Å². The Morgan fingerprint density at radius 1 is 1.00 bits per heavy atom. The van der Waals surface area contributed by atoms with Crippen LogP contribution in [0.2, 0.25) is 0 Å². The van der Waals surface area contributed by atoms with Gasteiger partial charge in [-0.1, -0.05) is 24.3 Å². The molecule has 0 unspecified atom stereocenters. The standard InChI is InChI=1S/C14H16.C2H7N/c1-2-9-13-11(5-1)8-4-10-14(13)12-6-3-7-12;1-3-2/h4,6,8,10H,1-3,5,7,9H2;3H,1-2H3. The van der Waals surface area contributed by atoms with Crippen LogP contribution in [0.25, 0.3) is 5.57 Å². The third-order valence-corrected chi connectivity index (χ3v) is 3.55. The van der Waals surface area contributed by atoms with Crippen LogP contribution in [-0.4, -0.2) is 14.1 Å². The van der Waals surface area contributed by atoms with Gasteiger partial charge in [-0.25, -0.2) is 0 Å². The summed E-state index contributed by atoms with van der Waals surface area (Å²) in [7, 11) is 3.75. The van der Waals surface area contributed by atoms with Gasteiger partial charge in [0, 0.05) is 0 Å². The maximum Gasteiger partial charge on any atom is -0.0167 e. The van der Waals surface area contributed by atoms with Crippen molar-refractivity contribution in [3.63, 3.8) is 0 Å². The number of allylic oxidation sites excluding steroid dienone is 2. The highest BCUT2D eigenvalue weighted by molar-refractivity contribution is 5.73. The minimum absolute atomic E-state index is 1.29. The second kappa shape index (κ2) is 6.02. The molecule has 0 aliphatic heterocycles. The molecule has 0 spiro atoms. The molecule has 0 fully saturated rings. The lowest BCUT2D eigenvalue weighted by Crippen LogP contribution is -2.07. The Kier molecular flexibility index (Phi) is 4.38. The van der Waals surface area contributed by atoms with Crippen LogP contribution in [-0.2, 0) is 12.8 Å². The van der Waals surface area contributed by atoms with Gasteiger partial charge in [0.2, 0.25) is 0 Å². The molecule has 0 aromatic heterocycles. The van der Waals surface area contributed by atoms with Crippen molar-refractivity contribution in [3.05, 3.63) is 41.0 Å². The van der Waals surface area contributed by atoms with Crippen molar-refractivity contribution < 1.29 is 0 Å². The van der Waals surface area contributed by atoms with E-state index in [4.69, 9.17) is 0 Å². The molecule has 0 heterocycles. The quantitative estimate of drug-likeness (QED) is 0.776. The maximum atomic E-state index is 2.75. The Bertz CT molecular complexity index is 404. The molecule has 1 heteroatoms. The highest BCUT2D eigenvalue weighted by atomic mass is 14.7. The number of nitrogens with one attached hydrogen (secondary N) is 1. The summed E-state index contributed by atoms with van der Waals surface area (Å²) in [6.07, 6.45) is 10.4. The molecule has 1 nitrogen and oxygen atoms in total. The molecule has 0 saturated heterocycles. The first-order valence-corrected chi connectivity index (χ1v) is 6.75. The highest BCUT2D eigenvalue weighted by Crippen LogP contribution is 2.35. The minimum atomic E-state index is 1.29. The summed E-state index contributed by atoms with van der Waals surface area (Å²) in [4.78, 5) is 0. The number of aryl methyl sites for hydroxylation is 1. The molecule has 0 radical (unpaired) electrons. The zero-order valence-electron chi connectivity index (χ0n) is 11.1. The number of rotatable bonds is 1. The number of fused-ring (bicyclic) bond motifs is 1. The predicted octanol–water partition coefficient (Wildman–Crippen LogP) is 3.58. The van der Waals surface area contributed by atoms with Gasteiger partial charge in [-0.2, -0.15) is 0 Å². The zero-order valence-corrected chi connectivity index (χ0v) is 11.1. The third kappa shape index (κ3) is 2.78. The Morgan fingerprint density at radius 2 is 1.71 bits per heavy atom. The normalized spacial score (nSPS) is 17.2. The smallest absolute Gasteiger partial charge is 0.0167 e. The number of hydrogen-bond donors (Lipinski definition) is 1. The zero-order chi connectivity index (χ0) is 12.1. The molecule has 0 bridgehead atoms. The van der Waals surface area contributed by atoms with E-state index in [1.807, 2.05) is 14.1 Å². The van der Waals surface area contributed by atoms with Crippen molar-refractivity contribution in [3.8, 4) is 0 Å². The Hall–Kier alpha value is -1.08. The molecular weight excluding hydrogens is 206 g/mol. The van der Waals surface area contributed by atoms with Crippen LogP contribution in [0.3, 0.4) is 0 Å². The van der Waals surface area contributed by atoms with E-state index in [1.165, 1.54) is 38.5 Å². The molecule has 0 atom stereocenters. The molecule has 0 saturated carbocycles. The molecule has 92 valence electrons. The molecule has 2 aliphatic rings. The van der Waals surface area contributed by atoms with Crippen molar-refractivity contribution in [2.24, 2.45) is 0 Å². The van der Waals surface area contributed by atoms with Crippen molar-refractivity contribution in [1.29, 1.82) is 0 Å². The second-order valence-electron chi connectivity index (χ2n) is 4.92. The Balaban J connectivity index is 0.000000329. The van der Waals surface area contributed by atoms with Gasteiger partial charge in [-0.3, -0.25) is 0 Å². The van der Waals surface area contributed by atoms with Crippen molar-refractivity contribution in [1.82, 2.24) is 5.32 Å². The average molecular weight is 229 g/mol. The van der Waals surface area contributed by atoms with Gasteiger partial charge < -0.3 is 5.32 Å². The fraction of sp³-hybridized carbons (Fsp3) is 0.500. The van der Waals surface area contributed by atoms with E-state index >= 15 is 0 Å². The first-order valence-electron chi connectivity index (χ1n) is 6.75. The van der Waals surface area contributed by atoms with Crippen LogP contribution in [0.4, 0.5) is 0 Å². The Labute approximate surface area is 105 Å². The van der Waals surface area contributed by atoms with Gasteiger partial charge in [0.05, 0.1) is 0 Å². The van der Waals surface area contributed by atoms with Gasteiger partial charge in [0.1, 0.15) is 0 Å². The highest BCUT2D eigenvalue weighted by Gasteiger charge is 2.17. The summed E-state index contributed by atoms with van der Waals surface area (Å²) >= 11 is 0. The second-order valence-corrected chi connectivity index (χ2v) is 4.92. The van der Waals surface area contributed by atoms with Crippen LogP contribution < -0.4 is 5.32 Å². The lowest BCUT2D eigenvalue weighted by atomic mass is 9.82. The fourth-order valence-corrected chi connectivity index (χ4v) is 2.62. The van der Waals surface area contributed by atoms with E-state index in [-0.39, 0.29) is 0 Å². The van der Waals surface area contributed by atoms with Crippen molar-refractivity contribution in [2.45, 2.75) is 38.5 Å². The van der Waals surface area contributed by atoms with E-state index in [9.17, 15) is 0 Å². The minimum Gasteiger partial charge on any atom is -0.323 e. The summed E-state index contributed by atoms with van der Waals surface area (Å²) in [5.41, 5.74) is 6.43. The van der Waals surface area contributed by atoms with Crippen LogP contribution in [0, 0.1) is 0 Å². The first-order chi connectivity index (χ1) is 8.36. The van der Waals surface area contributed by atoms with Gasteiger partial charge in [0.25, 0.3) is 0 Å². The summed E-state index contributed by atoms with van der Waals surface area (Å²) in [6.45, 7) is 0. The topological polar surface area (TPSA) is 12.0 Å². The van der Waals surface area contributed by atoms with Crippen LogP contribution in [0.15, 0.2) is 24.3 Å². The Morgan fingerprint density at radius 3 is 2.35 bits per heavy atom. The van der Waals surface area contributed by atoms with Gasteiger partial charge in [-0.15, -0.1) is 0 Å². The van der Waals surface area contributed by atoms with Gasteiger partial charge in [0.15, 0.2) is 0 Å². The average Bonchev–Trinajstić information content (AvgIpc) is 2.28. The molecule has 1 aromatic rings. The molecule has 1 aromatic carbocycles. The van der Waals surface area contributed by atoms with Crippen molar-refractivity contribution in [2.75, 3.05) is 14.1 Å². The summed E-state index contributed by atoms with van der Waals surface area (Å²) < 4.78 is 0. The van der Waals surface area contributed by atoms with Gasteiger partial charge >= 0.3 is 0 Å². The number of benzene rings is 1. The van der Waals surface area contributed by atoms with E-state index in [2.05, 4.69) is 29.6 Å². The van der Waals surface area contributed by atoms with E-state index < -0.39 is 0 Å². The molecule has 17 heavy (non-hydrogen) atoms. The summed E-state index contributed by atoms with van der Waals surface area (Å²) in [5.74, 6) is 0. The van der Waals surface area contributed by atoms with Crippen LogP contribution in [0.1, 0.15) is 42.4 Å². The lowest BCUT2D eigenvalue weighted by Gasteiger charge is -2.23. The lowest BCUT2D eigenvalue weighted by molar-refractivity contribution is 0.683. The van der Waals surface area contributed by atoms with Crippen molar-refractivity contribution >= 4 is 5.57 Å². The SMILES string of the molecule is C1=C(c2cccc3c2CCCC3)CC1.CNC. The summed E-state index contributed by atoms with van der Waals surface area (Å²) in [6, 6.07) is 6.87. The third-order valence-electron chi connectivity index (χ3n) is 3.55. The molecule has 3 rings (SSSR count). The van der Waals surface area contributed by atoms with Crippen LogP contribution >= 0.6 is 0 Å². The maximum absolute atomic E-state index is 2.75. The first kappa shape index (κ1) is 12.4. The molecule has 1 N–H and O–H groups in total. The van der Waals surface area contributed by atoms with Gasteiger partial charge in [-0.05, 0) is 74.9 Å². The number of hydrogen-bond acceptors (Lipinski definition) is 1. The molecule has 0 amide bonds.